The third kappa shape index (κ3) is 10.3. The molecule has 2 aliphatic rings. The van der Waals surface area contributed by atoms with Gasteiger partial charge in [-0.05, 0) is 23.9 Å². The zero-order valence-electron chi connectivity index (χ0n) is 29.8. The van der Waals surface area contributed by atoms with Crippen LogP contribution in [0.15, 0.2) is 64.8 Å². The van der Waals surface area contributed by atoms with Crippen LogP contribution in [-0.2, 0) is 48.5 Å². The number of aromatic amines is 1. The number of carbonyl (C=O) groups is 1. The second-order valence-corrected chi connectivity index (χ2v) is 16.8. The molecule has 21 nitrogen and oxygen atoms in total. The SMILES string of the molecule is N#CCCOP(=O)(OC[C@@H]1C[C@@H](F)[C@H](n2ccc(=O)[nH]c2=O)O1)O[C@H]1[C@@H](F)[C@H](n2cnc3c(NC(=O)c4ccccc4)ncnc32)O[C@@H]1COP(O)(=S)OCCC#N. The van der Waals surface area contributed by atoms with E-state index < -0.39 is 94.6 Å². The molecule has 6 rings (SSSR count). The minimum atomic E-state index is -4.93. The van der Waals surface area contributed by atoms with Gasteiger partial charge in [-0.15, -0.1) is 0 Å². The van der Waals surface area contributed by atoms with Crippen LogP contribution in [0.4, 0.5) is 14.6 Å². The number of rotatable bonds is 18. The number of amides is 1. The molecule has 1 aromatic carbocycles. The van der Waals surface area contributed by atoms with Gasteiger partial charge < -0.3 is 28.7 Å². The molecule has 2 saturated heterocycles. The number of nitriles is 2. The highest BCUT2D eigenvalue weighted by Gasteiger charge is 2.52. The van der Waals surface area contributed by atoms with Crippen LogP contribution in [0, 0.1) is 22.7 Å². The first-order chi connectivity index (χ1) is 27.8. The Bertz CT molecular complexity index is 2400. The number of phosphoric acid groups is 1. The Hall–Kier alpha value is -4.68. The summed E-state index contributed by atoms with van der Waals surface area (Å²) >= 11 is 5.01. The first kappa shape index (κ1) is 42.9. The van der Waals surface area contributed by atoms with E-state index in [1.807, 2.05) is 11.1 Å². The molecule has 1 amide bonds. The number of carbonyl (C=O) groups excluding carboxylic acids is 1. The van der Waals surface area contributed by atoms with E-state index in [1.54, 1.807) is 36.4 Å². The largest absolute Gasteiger partial charge is 0.475 e. The Kier molecular flexibility index (Phi) is 14.0. The number of fused-ring (bicyclic) bond motifs is 1. The lowest BCUT2D eigenvalue weighted by molar-refractivity contribution is -0.0532. The average Bonchev–Trinajstić information content (AvgIpc) is 3.88. The zero-order valence-corrected chi connectivity index (χ0v) is 32.4. The number of hydrogen-bond donors (Lipinski definition) is 3. The fourth-order valence-electron chi connectivity index (χ4n) is 5.79. The molecule has 4 aromatic rings. The molecule has 0 bridgehead atoms. The Morgan fingerprint density at radius 2 is 1.74 bits per heavy atom. The van der Waals surface area contributed by atoms with Crippen LogP contribution in [0.2, 0.25) is 0 Å². The molecule has 3 N–H and O–H groups in total. The highest BCUT2D eigenvalue weighted by Crippen LogP contribution is 2.55. The van der Waals surface area contributed by atoms with Gasteiger partial charge in [-0.1, -0.05) is 18.2 Å². The highest BCUT2D eigenvalue weighted by atomic mass is 32.5. The van der Waals surface area contributed by atoms with Crippen molar-refractivity contribution in [3.05, 3.63) is 81.7 Å². The van der Waals surface area contributed by atoms with Crippen LogP contribution < -0.4 is 16.6 Å². The summed E-state index contributed by atoms with van der Waals surface area (Å²) in [4.78, 5) is 61.7. The summed E-state index contributed by atoms with van der Waals surface area (Å²) in [6.45, 7) is -6.28. The number of anilines is 1. The van der Waals surface area contributed by atoms with E-state index in [1.165, 1.54) is 0 Å². The van der Waals surface area contributed by atoms with Gasteiger partial charge in [0.25, 0.3) is 11.5 Å². The van der Waals surface area contributed by atoms with Crippen molar-refractivity contribution in [2.24, 2.45) is 0 Å². The van der Waals surface area contributed by atoms with Gasteiger partial charge in [0, 0.05) is 24.2 Å². The predicted molar refractivity (Wildman–Crippen MR) is 197 cm³/mol. The topological polar surface area (TPSA) is 277 Å². The maximum Gasteiger partial charge on any atom is 0.475 e. The van der Waals surface area contributed by atoms with Crippen molar-refractivity contribution >= 4 is 49.2 Å². The number of nitrogens with one attached hydrogen (secondary N) is 2. The molecule has 2 aliphatic heterocycles. The summed E-state index contributed by atoms with van der Waals surface area (Å²) in [6.07, 6.45) is -9.39. The molecule has 308 valence electrons. The lowest BCUT2D eigenvalue weighted by Crippen LogP contribution is -2.34. The third-order valence-electron chi connectivity index (χ3n) is 8.43. The van der Waals surface area contributed by atoms with Crippen molar-refractivity contribution in [3.63, 3.8) is 0 Å². The Labute approximate surface area is 331 Å². The van der Waals surface area contributed by atoms with E-state index in [-0.39, 0.29) is 42.9 Å². The summed E-state index contributed by atoms with van der Waals surface area (Å²) in [5, 5.41) is 20.6. The van der Waals surface area contributed by atoms with Crippen molar-refractivity contribution in [1.82, 2.24) is 29.1 Å². The molecule has 9 atom stereocenters. The number of H-pyrrole nitrogens is 1. The fraction of sp³-hybridized carbons (Fsp3) is 0.438. The number of imidazole rings is 1. The molecule has 3 aromatic heterocycles. The first-order valence-corrected chi connectivity index (χ1v) is 21.2. The molecule has 0 saturated carbocycles. The minimum Gasteiger partial charge on any atom is -0.349 e. The first-order valence-electron chi connectivity index (χ1n) is 17.2. The second-order valence-electron chi connectivity index (χ2n) is 12.4. The predicted octanol–water partition coefficient (Wildman–Crippen LogP) is 3.09. The van der Waals surface area contributed by atoms with Crippen LogP contribution in [0.3, 0.4) is 0 Å². The van der Waals surface area contributed by atoms with E-state index in [4.69, 9.17) is 54.4 Å². The third-order valence-corrected chi connectivity index (χ3v) is 11.5. The lowest BCUT2D eigenvalue weighted by atomic mass is 10.1. The molecule has 5 heterocycles. The van der Waals surface area contributed by atoms with E-state index in [9.17, 15) is 23.8 Å². The van der Waals surface area contributed by atoms with Crippen LogP contribution in [0.25, 0.3) is 11.2 Å². The summed E-state index contributed by atoms with van der Waals surface area (Å²) in [5.41, 5.74) is -1.32. The van der Waals surface area contributed by atoms with Crippen LogP contribution in [-0.4, -0.2) is 97.0 Å². The normalized spacial score (nSPS) is 25.1. The maximum atomic E-state index is 16.8. The van der Waals surface area contributed by atoms with Crippen LogP contribution in [0.5, 0.6) is 0 Å². The summed E-state index contributed by atoms with van der Waals surface area (Å²) < 4.78 is 86.6. The van der Waals surface area contributed by atoms with Crippen LogP contribution >= 0.6 is 14.5 Å². The van der Waals surface area contributed by atoms with Gasteiger partial charge >= 0.3 is 20.2 Å². The molecule has 0 aliphatic carbocycles. The molecule has 58 heavy (non-hydrogen) atoms. The van der Waals surface area contributed by atoms with Gasteiger partial charge in [0.05, 0.1) is 63.8 Å². The molecule has 0 radical (unpaired) electrons. The Balaban J connectivity index is 1.24. The number of halogens is 2. The van der Waals surface area contributed by atoms with E-state index in [0.717, 1.165) is 34.1 Å². The second kappa shape index (κ2) is 18.9. The van der Waals surface area contributed by atoms with Crippen molar-refractivity contribution in [2.75, 3.05) is 31.7 Å². The number of aromatic nitrogens is 6. The fourth-order valence-corrected chi connectivity index (χ4v) is 8.34. The Morgan fingerprint density at radius 1 is 1.00 bits per heavy atom. The molecular formula is C32H33F2N9O12P2S. The van der Waals surface area contributed by atoms with Crippen molar-refractivity contribution in [1.29, 1.82) is 10.5 Å². The summed E-state index contributed by atoms with van der Waals surface area (Å²) in [6, 6.07) is 12.8. The summed E-state index contributed by atoms with van der Waals surface area (Å²) in [7, 11) is -4.93. The van der Waals surface area contributed by atoms with E-state index in [0.29, 0.717) is 5.56 Å². The molecule has 26 heteroatoms. The number of benzene rings is 1. The van der Waals surface area contributed by atoms with Gasteiger partial charge in [0.2, 0.25) is 0 Å². The van der Waals surface area contributed by atoms with Gasteiger partial charge in [-0.3, -0.25) is 37.3 Å². The van der Waals surface area contributed by atoms with Crippen molar-refractivity contribution in [3.8, 4) is 12.1 Å². The quantitative estimate of drug-likeness (QED) is 0.0957. The minimum absolute atomic E-state index is 0.0153. The molecule has 0 spiro atoms. The Morgan fingerprint density at radius 3 is 2.47 bits per heavy atom. The number of ether oxygens (including phenoxy) is 2. The standard InChI is InChI=1S/C32H33F2N9O12P2S/c33-21-14-20(53-30(21)42-11-8-23(44)40-32(42)46)15-51-56(47,49-12-4-9-35)55-26-22(16-52-57(48,58)50-13-5-10-36)54-31(24(26)34)43-18-39-25-27(37-17-38-28(25)43)41-29(45)19-6-2-1-3-7-19/h1-3,6-8,11,17-18,20-22,24,26,30-31H,4-5,12-16H2,(H,48,58)(H,40,44,46)(H,37,38,41,45)/t20-,21+,22+,24+,26+,30+,31+,56?,57?/m0/s1. The van der Waals surface area contributed by atoms with Crippen molar-refractivity contribution in [2.45, 2.75) is 62.4 Å². The highest BCUT2D eigenvalue weighted by molar-refractivity contribution is 8.07. The molecule has 2 unspecified atom stereocenters. The van der Waals surface area contributed by atoms with E-state index >= 15 is 8.78 Å². The zero-order chi connectivity index (χ0) is 41.5. The number of hydrogen-bond acceptors (Lipinski definition) is 17. The van der Waals surface area contributed by atoms with Gasteiger partial charge in [0.1, 0.15) is 24.7 Å². The van der Waals surface area contributed by atoms with Crippen LogP contribution in [0.1, 0.15) is 42.1 Å². The number of nitrogens with zero attached hydrogens (tertiary/aromatic N) is 7. The lowest BCUT2D eigenvalue weighted by Gasteiger charge is -2.26. The monoisotopic (exact) mass is 867 g/mol. The average molecular weight is 868 g/mol. The van der Waals surface area contributed by atoms with Gasteiger partial charge in [-0.25, -0.2) is 33.1 Å². The smallest absolute Gasteiger partial charge is 0.349 e. The van der Waals surface area contributed by atoms with Crippen molar-refractivity contribution < 1.29 is 55.1 Å². The van der Waals surface area contributed by atoms with E-state index in [2.05, 4.69) is 20.3 Å². The van der Waals surface area contributed by atoms with Gasteiger partial charge in [0.15, 0.2) is 35.6 Å². The van der Waals surface area contributed by atoms with Gasteiger partial charge in [-0.2, -0.15) is 10.5 Å². The number of phosphoric ester groups is 1. The maximum absolute atomic E-state index is 16.8. The summed E-state index contributed by atoms with van der Waals surface area (Å²) in [5.74, 6) is -0.536. The molecule has 2 fully saturated rings. The molecular weight excluding hydrogens is 834 g/mol. The number of alkyl halides is 2.